The lowest BCUT2D eigenvalue weighted by Gasteiger charge is -2.06. The zero-order valence-electron chi connectivity index (χ0n) is 13.8. The van der Waals surface area contributed by atoms with Crippen LogP contribution in [-0.4, -0.2) is 23.0 Å². The number of phenols is 1. The van der Waals surface area contributed by atoms with Crippen LogP contribution in [0.1, 0.15) is 11.1 Å². The van der Waals surface area contributed by atoms with E-state index in [4.69, 9.17) is 4.74 Å². The van der Waals surface area contributed by atoms with Crippen LogP contribution < -0.4 is 10.1 Å². The maximum absolute atomic E-state index is 12.2. The number of benzene rings is 2. The molecule has 1 amide bonds. The molecule has 2 N–H and O–H groups in total. The Balaban J connectivity index is 2.12. The summed E-state index contributed by atoms with van der Waals surface area (Å²) in [6, 6.07) is 12.4. The standard InChI is InChI=1S/C18H15N3O5/c1-26-15-5-2-12(3-6-15)11-20-18(23)14(10-19)8-13-4-7-17(22)16(9-13)21(24)25/h2-9,22H,11H2,1H3,(H,20,23)/b14-8+. The number of nitro benzene ring substituents is 1. The molecule has 0 aliphatic rings. The smallest absolute Gasteiger partial charge is 0.311 e. The molecule has 132 valence electrons. The molecule has 0 aliphatic carbocycles. The van der Waals surface area contributed by atoms with Crippen LogP contribution in [-0.2, 0) is 11.3 Å². The fraction of sp³-hybridized carbons (Fsp3) is 0.111. The first-order valence-corrected chi connectivity index (χ1v) is 7.45. The minimum Gasteiger partial charge on any atom is -0.502 e. The topological polar surface area (TPSA) is 125 Å². The van der Waals surface area contributed by atoms with Gasteiger partial charge in [-0.15, -0.1) is 0 Å². The summed E-state index contributed by atoms with van der Waals surface area (Å²) in [5, 5.41) is 32.1. The van der Waals surface area contributed by atoms with E-state index in [9.17, 15) is 25.3 Å². The minimum absolute atomic E-state index is 0.206. The number of nitrogens with one attached hydrogen (secondary N) is 1. The van der Waals surface area contributed by atoms with Gasteiger partial charge < -0.3 is 15.2 Å². The monoisotopic (exact) mass is 353 g/mol. The third kappa shape index (κ3) is 4.58. The summed E-state index contributed by atoms with van der Waals surface area (Å²) in [7, 11) is 1.55. The number of hydrogen-bond acceptors (Lipinski definition) is 6. The van der Waals surface area contributed by atoms with Gasteiger partial charge in [0.15, 0.2) is 5.75 Å². The maximum atomic E-state index is 12.2. The highest BCUT2D eigenvalue weighted by Crippen LogP contribution is 2.27. The predicted octanol–water partition coefficient (Wildman–Crippen LogP) is 2.53. The Labute approximate surface area is 149 Å². The Morgan fingerprint density at radius 3 is 2.62 bits per heavy atom. The van der Waals surface area contributed by atoms with Gasteiger partial charge in [-0.05, 0) is 35.4 Å². The molecule has 0 aromatic heterocycles. The van der Waals surface area contributed by atoms with Gasteiger partial charge in [-0.1, -0.05) is 18.2 Å². The first kappa shape index (κ1) is 18.5. The Kier molecular flexibility index (Phi) is 5.90. The molecule has 0 fully saturated rings. The zero-order valence-corrected chi connectivity index (χ0v) is 13.8. The van der Waals surface area contributed by atoms with E-state index in [1.807, 2.05) is 0 Å². The number of nitriles is 1. The van der Waals surface area contributed by atoms with Gasteiger partial charge in [0.1, 0.15) is 17.4 Å². The SMILES string of the molecule is COc1ccc(CNC(=O)/C(C#N)=C/c2ccc(O)c([N+](=O)[O-])c2)cc1. The third-order valence-corrected chi connectivity index (χ3v) is 3.48. The largest absolute Gasteiger partial charge is 0.502 e. The molecule has 26 heavy (non-hydrogen) atoms. The van der Waals surface area contributed by atoms with E-state index in [0.717, 1.165) is 17.7 Å². The summed E-state index contributed by atoms with van der Waals surface area (Å²) >= 11 is 0. The van der Waals surface area contributed by atoms with Crippen molar-refractivity contribution in [2.24, 2.45) is 0 Å². The van der Waals surface area contributed by atoms with Gasteiger partial charge in [0, 0.05) is 12.6 Å². The van der Waals surface area contributed by atoms with Gasteiger partial charge in [0.05, 0.1) is 12.0 Å². The zero-order chi connectivity index (χ0) is 19.1. The first-order valence-electron chi connectivity index (χ1n) is 7.45. The van der Waals surface area contributed by atoms with Gasteiger partial charge in [-0.2, -0.15) is 5.26 Å². The lowest BCUT2D eigenvalue weighted by atomic mass is 10.1. The maximum Gasteiger partial charge on any atom is 0.311 e. The summed E-state index contributed by atoms with van der Waals surface area (Å²) in [4.78, 5) is 22.2. The summed E-state index contributed by atoms with van der Waals surface area (Å²) < 4.78 is 5.05. The van der Waals surface area contributed by atoms with Crippen molar-refractivity contribution in [2.45, 2.75) is 6.54 Å². The number of hydrogen-bond donors (Lipinski definition) is 2. The summed E-state index contributed by atoms with van der Waals surface area (Å²) in [5.74, 6) is -0.416. The number of carbonyl (C=O) groups is 1. The van der Waals surface area contributed by atoms with Crippen molar-refractivity contribution in [2.75, 3.05) is 7.11 Å². The van der Waals surface area contributed by atoms with Crippen molar-refractivity contribution in [1.82, 2.24) is 5.32 Å². The fourth-order valence-corrected chi connectivity index (χ4v) is 2.11. The molecule has 0 spiro atoms. The van der Waals surface area contributed by atoms with E-state index in [-0.39, 0.29) is 17.7 Å². The molecule has 0 unspecified atom stereocenters. The molecule has 0 bridgehead atoms. The molecule has 0 radical (unpaired) electrons. The van der Waals surface area contributed by atoms with Crippen molar-refractivity contribution in [3.63, 3.8) is 0 Å². The number of aromatic hydroxyl groups is 1. The molecule has 8 heteroatoms. The second kappa shape index (κ2) is 8.30. The van der Waals surface area contributed by atoms with Crippen LogP contribution in [0.4, 0.5) is 5.69 Å². The average Bonchev–Trinajstić information content (AvgIpc) is 2.65. The minimum atomic E-state index is -0.748. The first-order chi connectivity index (χ1) is 12.4. The number of carbonyl (C=O) groups excluding carboxylic acids is 1. The van der Waals surface area contributed by atoms with Crippen LogP contribution in [0.3, 0.4) is 0 Å². The quantitative estimate of drug-likeness (QED) is 0.356. The molecule has 0 heterocycles. The lowest BCUT2D eigenvalue weighted by Crippen LogP contribution is -2.23. The van der Waals surface area contributed by atoms with Crippen molar-refractivity contribution in [3.05, 3.63) is 69.3 Å². The van der Waals surface area contributed by atoms with Crippen molar-refractivity contribution in [1.29, 1.82) is 5.26 Å². The van der Waals surface area contributed by atoms with Crippen molar-refractivity contribution in [3.8, 4) is 17.6 Å². The average molecular weight is 353 g/mol. The molecule has 2 aromatic carbocycles. The van der Waals surface area contributed by atoms with E-state index in [2.05, 4.69) is 5.32 Å². The van der Waals surface area contributed by atoms with E-state index in [0.29, 0.717) is 5.75 Å². The van der Waals surface area contributed by atoms with Gasteiger partial charge in [-0.3, -0.25) is 14.9 Å². The van der Waals surface area contributed by atoms with Crippen LogP contribution >= 0.6 is 0 Å². The molecular formula is C18H15N3O5. The van der Waals surface area contributed by atoms with Gasteiger partial charge in [0.2, 0.25) is 0 Å². The van der Waals surface area contributed by atoms with E-state index < -0.39 is 22.3 Å². The van der Waals surface area contributed by atoms with Crippen molar-refractivity contribution >= 4 is 17.7 Å². The summed E-state index contributed by atoms with van der Waals surface area (Å²) in [6.07, 6.45) is 1.22. The highest BCUT2D eigenvalue weighted by atomic mass is 16.6. The Bertz CT molecular complexity index is 898. The summed E-state index contributed by atoms with van der Waals surface area (Å²) in [5.41, 5.74) is 0.357. The number of phenolic OH excluding ortho intramolecular Hbond substituents is 1. The van der Waals surface area contributed by atoms with Crippen LogP contribution in [0.15, 0.2) is 48.0 Å². The molecule has 0 aliphatic heterocycles. The van der Waals surface area contributed by atoms with Crippen molar-refractivity contribution < 1.29 is 19.6 Å². The third-order valence-electron chi connectivity index (χ3n) is 3.48. The molecule has 2 aromatic rings. The number of ether oxygens (including phenoxy) is 1. The van der Waals surface area contributed by atoms with E-state index >= 15 is 0 Å². The van der Waals surface area contributed by atoms with Gasteiger partial charge in [0.25, 0.3) is 5.91 Å². The number of amides is 1. The molecule has 0 saturated heterocycles. The molecular weight excluding hydrogens is 338 g/mol. The van der Waals surface area contributed by atoms with E-state index in [1.54, 1.807) is 37.4 Å². The Morgan fingerprint density at radius 2 is 2.04 bits per heavy atom. The van der Waals surface area contributed by atoms with Gasteiger partial charge in [-0.25, -0.2) is 0 Å². The number of methoxy groups -OCH3 is 1. The molecule has 8 nitrogen and oxygen atoms in total. The predicted molar refractivity (Wildman–Crippen MR) is 93.2 cm³/mol. The number of nitro groups is 1. The normalized spacial score (nSPS) is 10.7. The fourth-order valence-electron chi connectivity index (χ4n) is 2.11. The highest BCUT2D eigenvalue weighted by Gasteiger charge is 2.14. The summed E-state index contributed by atoms with van der Waals surface area (Å²) in [6.45, 7) is 0.206. The molecule has 0 atom stereocenters. The van der Waals surface area contributed by atoms with E-state index in [1.165, 1.54) is 12.1 Å². The number of rotatable bonds is 6. The second-order valence-corrected chi connectivity index (χ2v) is 5.21. The van der Waals surface area contributed by atoms with Crippen LogP contribution in [0.5, 0.6) is 11.5 Å². The molecule has 0 saturated carbocycles. The Morgan fingerprint density at radius 1 is 1.35 bits per heavy atom. The van der Waals surface area contributed by atoms with Crippen LogP contribution in [0.2, 0.25) is 0 Å². The lowest BCUT2D eigenvalue weighted by molar-refractivity contribution is -0.385. The van der Waals surface area contributed by atoms with Gasteiger partial charge >= 0.3 is 5.69 Å². The molecule has 2 rings (SSSR count). The number of nitrogens with zero attached hydrogens (tertiary/aromatic N) is 2. The van der Waals surface area contributed by atoms with Crippen LogP contribution in [0, 0.1) is 21.4 Å². The second-order valence-electron chi connectivity index (χ2n) is 5.21. The van der Waals surface area contributed by atoms with Crippen LogP contribution in [0.25, 0.3) is 6.08 Å². The Hall–Kier alpha value is -3.86. The highest BCUT2D eigenvalue weighted by molar-refractivity contribution is 6.01.